The Morgan fingerprint density at radius 2 is 1.94 bits per heavy atom. The normalized spacial score (nSPS) is 16.9. The number of carbonyl (C=O) groups excluding carboxylic acids is 1. The smallest absolute Gasteiger partial charge is 0.237 e. The molecule has 0 spiro atoms. The van der Waals surface area contributed by atoms with Crippen LogP contribution in [0.1, 0.15) is 47.5 Å². The van der Waals surface area contributed by atoms with E-state index in [1.807, 2.05) is 13.8 Å². The third kappa shape index (κ3) is 5.83. The summed E-state index contributed by atoms with van der Waals surface area (Å²) in [6.07, 6.45) is 1.92. The van der Waals surface area contributed by atoms with Crippen molar-refractivity contribution in [3.63, 3.8) is 0 Å². The highest BCUT2D eigenvalue weighted by Crippen LogP contribution is 2.16. The van der Waals surface area contributed by atoms with Crippen molar-refractivity contribution in [2.75, 3.05) is 20.1 Å². The first-order valence-corrected chi connectivity index (χ1v) is 6.98. The number of amides is 1. The zero-order chi connectivity index (χ0) is 14.3. The molecule has 3 N–H and O–H groups in total. The zero-order valence-electron chi connectivity index (χ0n) is 12.9. The van der Waals surface area contributed by atoms with Crippen molar-refractivity contribution in [2.24, 2.45) is 11.7 Å². The van der Waals surface area contributed by atoms with Gasteiger partial charge in [0.1, 0.15) is 0 Å². The molecule has 108 valence electrons. The van der Waals surface area contributed by atoms with Gasteiger partial charge in [0.15, 0.2) is 0 Å². The molecule has 4 heteroatoms. The summed E-state index contributed by atoms with van der Waals surface area (Å²) in [6, 6.07) is 0.334. The second kappa shape index (κ2) is 7.74. The largest absolute Gasteiger partial charge is 0.368 e. The van der Waals surface area contributed by atoms with Gasteiger partial charge in [0.05, 0.1) is 5.54 Å². The zero-order valence-corrected chi connectivity index (χ0v) is 12.9. The van der Waals surface area contributed by atoms with Crippen LogP contribution in [0.3, 0.4) is 0 Å². The summed E-state index contributed by atoms with van der Waals surface area (Å²) in [5.74, 6) is 0.435. The molecule has 1 amide bonds. The molecule has 0 bridgehead atoms. The van der Waals surface area contributed by atoms with Crippen molar-refractivity contribution in [3.8, 4) is 0 Å². The topological polar surface area (TPSA) is 58.4 Å². The van der Waals surface area contributed by atoms with Gasteiger partial charge in [-0.2, -0.15) is 0 Å². The molecular formula is C14H31N3O. The third-order valence-electron chi connectivity index (χ3n) is 3.63. The van der Waals surface area contributed by atoms with Gasteiger partial charge >= 0.3 is 0 Å². The van der Waals surface area contributed by atoms with Gasteiger partial charge in [0, 0.05) is 6.04 Å². The van der Waals surface area contributed by atoms with Gasteiger partial charge in [-0.25, -0.2) is 0 Å². The molecule has 2 atom stereocenters. The van der Waals surface area contributed by atoms with E-state index < -0.39 is 5.54 Å². The Kier molecular flexibility index (Phi) is 7.48. The van der Waals surface area contributed by atoms with Crippen molar-refractivity contribution in [1.82, 2.24) is 10.2 Å². The van der Waals surface area contributed by atoms with Gasteiger partial charge in [-0.15, -0.1) is 0 Å². The summed E-state index contributed by atoms with van der Waals surface area (Å²) in [6.45, 7) is 12.3. The van der Waals surface area contributed by atoms with Crippen molar-refractivity contribution >= 4 is 5.91 Å². The summed E-state index contributed by atoms with van der Waals surface area (Å²) in [5, 5.41) is 3.21. The summed E-state index contributed by atoms with van der Waals surface area (Å²) in [4.78, 5) is 13.9. The lowest BCUT2D eigenvalue weighted by atomic mass is 9.92. The Morgan fingerprint density at radius 1 is 1.39 bits per heavy atom. The fourth-order valence-electron chi connectivity index (χ4n) is 2.08. The maximum absolute atomic E-state index is 11.6. The van der Waals surface area contributed by atoms with E-state index in [0.29, 0.717) is 12.0 Å². The van der Waals surface area contributed by atoms with Crippen LogP contribution in [0.2, 0.25) is 0 Å². The molecule has 0 aliphatic heterocycles. The standard InChI is InChI=1S/C14H31N3O/c1-7-16-14(5,13(15)18)10-12(4)17(6)9-8-11(2)3/h11-12,16H,7-10H2,1-6H3,(H2,15,18). The van der Waals surface area contributed by atoms with E-state index >= 15 is 0 Å². The summed E-state index contributed by atoms with van der Waals surface area (Å²) in [7, 11) is 2.11. The van der Waals surface area contributed by atoms with E-state index in [9.17, 15) is 4.79 Å². The second-order valence-corrected chi connectivity index (χ2v) is 5.94. The van der Waals surface area contributed by atoms with Crippen molar-refractivity contribution < 1.29 is 4.79 Å². The molecule has 0 aromatic heterocycles. The van der Waals surface area contributed by atoms with Crippen LogP contribution in [-0.2, 0) is 4.79 Å². The van der Waals surface area contributed by atoms with E-state index in [2.05, 4.69) is 38.0 Å². The van der Waals surface area contributed by atoms with E-state index in [-0.39, 0.29) is 5.91 Å². The highest BCUT2D eigenvalue weighted by molar-refractivity contribution is 5.84. The number of carbonyl (C=O) groups is 1. The van der Waals surface area contributed by atoms with Crippen LogP contribution in [0.4, 0.5) is 0 Å². The van der Waals surface area contributed by atoms with Crippen LogP contribution in [0.5, 0.6) is 0 Å². The molecule has 0 fully saturated rings. The van der Waals surface area contributed by atoms with Gasteiger partial charge < -0.3 is 16.0 Å². The molecule has 4 nitrogen and oxygen atoms in total. The number of likely N-dealkylation sites (N-methyl/N-ethyl adjacent to an activating group) is 1. The number of rotatable bonds is 9. The first kappa shape index (κ1) is 17.4. The predicted octanol–water partition coefficient (Wildman–Crippen LogP) is 1.60. The first-order chi connectivity index (χ1) is 8.23. The van der Waals surface area contributed by atoms with Gasteiger partial charge in [0.25, 0.3) is 0 Å². The Hall–Kier alpha value is -0.610. The molecule has 0 saturated carbocycles. The van der Waals surface area contributed by atoms with E-state index in [1.54, 1.807) is 0 Å². The molecule has 2 unspecified atom stereocenters. The Labute approximate surface area is 112 Å². The minimum absolute atomic E-state index is 0.270. The average Bonchev–Trinajstić information content (AvgIpc) is 2.25. The first-order valence-electron chi connectivity index (χ1n) is 6.98. The maximum Gasteiger partial charge on any atom is 0.237 e. The third-order valence-corrected chi connectivity index (χ3v) is 3.63. The van der Waals surface area contributed by atoms with Gasteiger partial charge in [-0.1, -0.05) is 20.8 Å². The number of nitrogens with one attached hydrogen (secondary N) is 1. The SMILES string of the molecule is CCNC(C)(CC(C)N(C)CCC(C)C)C(N)=O. The fraction of sp³-hybridized carbons (Fsp3) is 0.929. The van der Waals surface area contributed by atoms with Crippen LogP contribution < -0.4 is 11.1 Å². The minimum Gasteiger partial charge on any atom is -0.368 e. The molecule has 0 radical (unpaired) electrons. The van der Waals surface area contributed by atoms with Crippen molar-refractivity contribution in [1.29, 1.82) is 0 Å². The molecule has 0 aromatic rings. The quantitative estimate of drug-likeness (QED) is 0.659. The highest BCUT2D eigenvalue weighted by atomic mass is 16.1. The van der Waals surface area contributed by atoms with E-state index in [4.69, 9.17) is 5.73 Å². The van der Waals surface area contributed by atoms with E-state index in [1.165, 1.54) is 6.42 Å². The number of hydrogen-bond donors (Lipinski definition) is 2. The second-order valence-electron chi connectivity index (χ2n) is 5.94. The predicted molar refractivity (Wildman–Crippen MR) is 77.4 cm³/mol. The number of nitrogens with two attached hydrogens (primary N) is 1. The van der Waals surface area contributed by atoms with Crippen molar-refractivity contribution in [3.05, 3.63) is 0 Å². The molecule has 0 aromatic carbocycles. The number of primary amides is 1. The fourth-order valence-corrected chi connectivity index (χ4v) is 2.08. The van der Waals surface area contributed by atoms with Gasteiger partial charge in [-0.05, 0) is 52.7 Å². The molecule has 18 heavy (non-hydrogen) atoms. The summed E-state index contributed by atoms with van der Waals surface area (Å²) >= 11 is 0. The summed E-state index contributed by atoms with van der Waals surface area (Å²) < 4.78 is 0. The lowest BCUT2D eigenvalue weighted by molar-refractivity contribution is -0.124. The van der Waals surface area contributed by atoms with Crippen LogP contribution >= 0.6 is 0 Å². The molecule has 0 saturated heterocycles. The molecule has 0 rings (SSSR count). The molecule has 0 aliphatic rings. The molecule has 0 heterocycles. The van der Waals surface area contributed by atoms with E-state index in [0.717, 1.165) is 19.5 Å². The Balaban J connectivity index is 4.41. The van der Waals surface area contributed by atoms with Crippen LogP contribution in [-0.4, -0.2) is 42.5 Å². The van der Waals surface area contributed by atoms with Gasteiger partial charge in [-0.3, -0.25) is 4.79 Å². The summed E-state index contributed by atoms with van der Waals surface area (Å²) in [5.41, 5.74) is 4.90. The van der Waals surface area contributed by atoms with Crippen LogP contribution in [0, 0.1) is 5.92 Å². The minimum atomic E-state index is -0.611. The Bertz CT molecular complexity index is 255. The monoisotopic (exact) mass is 257 g/mol. The lowest BCUT2D eigenvalue weighted by Gasteiger charge is -2.34. The number of hydrogen-bond acceptors (Lipinski definition) is 3. The maximum atomic E-state index is 11.6. The van der Waals surface area contributed by atoms with Crippen LogP contribution in [0.15, 0.2) is 0 Å². The average molecular weight is 257 g/mol. The van der Waals surface area contributed by atoms with Crippen LogP contribution in [0.25, 0.3) is 0 Å². The van der Waals surface area contributed by atoms with Gasteiger partial charge in [0.2, 0.25) is 5.91 Å². The number of nitrogens with zero attached hydrogens (tertiary/aromatic N) is 1. The lowest BCUT2D eigenvalue weighted by Crippen LogP contribution is -2.56. The van der Waals surface area contributed by atoms with Crippen molar-refractivity contribution in [2.45, 2.75) is 59.0 Å². The molecular weight excluding hydrogens is 226 g/mol. The highest BCUT2D eigenvalue weighted by Gasteiger charge is 2.32. The Morgan fingerprint density at radius 3 is 2.33 bits per heavy atom. The molecule has 0 aliphatic carbocycles.